The van der Waals surface area contributed by atoms with Crippen LogP contribution in [0.2, 0.25) is 0 Å². The number of fused-ring (bicyclic) bond motifs is 2. The van der Waals surface area contributed by atoms with Crippen molar-refractivity contribution in [3.8, 4) is 5.75 Å². The number of hydrogen-bond donors (Lipinski definition) is 3. The standard InChI is InChI=1S/C23H22F3NO2/c1-21(2)13-22(29,23(24,25)26)20(16-10-6-12-18(28)19(16)21)27-17-11-5-8-14-7-3-4-9-15(14)17/h3-12,20,27-29H,13H2,1-2H3. The van der Waals surface area contributed by atoms with Gasteiger partial charge in [-0.1, -0.05) is 62.4 Å². The third-order valence-corrected chi connectivity index (χ3v) is 5.83. The molecule has 0 saturated heterocycles. The van der Waals surface area contributed by atoms with Crippen LogP contribution in [-0.4, -0.2) is 22.0 Å². The number of halogens is 3. The van der Waals surface area contributed by atoms with E-state index in [0.29, 0.717) is 11.3 Å². The Morgan fingerprint density at radius 3 is 2.34 bits per heavy atom. The van der Waals surface area contributed by atoms with Crippen molar-refractivity contribution in [1.82, 2.24) is 0 Å². The van der Waals surface area contributed by atoms with Gasteiger partial charge in [-0.15, -0.1) is 0 Å². The lowest BCUT2D eigenvalue weighted by Crippen LogP contribution is -2.58. The molecule has 0 heterocycles. The second-order valence-electron chi connectivity index (χ2n) is 8.33. The summed E-state index contributed by atoms with van der Waals surface area (Å²) in [7, 11) is 0. The minimum Gasteiger partial charge on any atom is -0.508 e. The van der Waals surface area contributed by atoms with Gasteiger partial charge in [0.2, 0.25) is 0 Å². The van der Waals surface area contributed by atoms with Gasteiger partial charge in [0.15, 0.2) is 5.60 Å². The second kappa shape index (κ2) is 6.39. The Morgan fingerprint density at radius 1 is 0.966 bits per heavy atom. The summed E-state index contributed by atoms with van der Waals surface area (Å²) in [6.45, 7) is 3.22. The molecule has 2 atom stereocenters. The van der Waals surface area contributed by atoms with Gasteiger partial charge in [0.25, 0.3) is 0 Å². The third kappa shape index (κ3) is 3.02. The van der Waals surface area contributed by atoms with Crippen molar-refractivity contribution in [3.05, 3.63) is 71.8 Å². The first-order valence-corrected chi connectivity index (χ1v) is 9.40. The Kier molecular flexibility index (Phi) is 4.31. The van der Waals surface area contributed by atoms with Crippen molar-refractivity contribution in [2.75, 3.05) is 5.32 Å². The van der Waals surface area contributed by atoms with Gasteiger partial charge in [-0.3, -0.25) is 0 Å². The largest absolute Gasteiger partial charge is 0.508 e. The molecule has 0 fully saturated rings. The molecule has 3 N–H and O–H groups in total. The zero-order valence-electron chi connectivity index (χ0n) is 16.1. The molecule has 0 bridgehead atoms. The molecule has 29 heavy (non-hydrogen) atoms. The Morgan fingerprint density at radius 2 is 1.62 bits per heavy atom. The fraction of sp³-hybridized carbons (Fsp3) is 0.304. The monoisotopic (exact) mass is 401 g/mol. The fourth-order valence-corrected chi connectivity index (χ4v) is 4.62. The van der Waals surface area contributed by atoms with Crippen molar-refractivity contribution in [2.24, 2.45) is 0 Å². The number of aromatic hydroxyl groups is 1. The van der Waals surface area contributed by atoms with Crippen LogP contribution in [0, 0.1) is 0 Å². The molecule has 152 valence electrons. The molecule has 0 aromatic heterocycles. The number of anilines is 1. The summed E-state index contributed by atoms with van der Waals surface area (Å²) in [5, 5.41) is 26.0. The molecule has 1 aliphatic rings. The lowest BCUT2D eigenvalue weighted by Gasteiger charge is -2.49. The zero-order chi connectivity index (χ0) is 21.0. The highest BCUT2D eigenvalue weighted by Crippen LogP contribution is 2.56. The number of aliphatic hydroxyl groups is 1. The van der Waals surface area contributed by atoms with E-state index in [-0.39, 0.29) is 11.3 Å². The summed E-state index contributed by atoms with van der Waals surface area (Å²) in [6.07, 6.45) is -5.44. The van der Waals surface area contributed by atoms with Crippen LogP contribution in [0.5, 0.6) is 5.75 Å². The van der Waals surface area contributed by atoms with Gasteiger partial charge in [0, 0.05) is 16.6 Å². The number of nitrogens with one attached hydrogen (secondary N) is 1. The topological polar surface area (TPSA) is 52.5 Å². The molecule has 0 amide bonds. The van der Waals surface area contributed by atoms with E-state index in [0.717, 1.165) is 10.8 Å². The first-order chi connectivity index (χ1) is 13.5. The lowest BCUT2D eigenvalue weighted by molar-refractivity contribution is -0.275. The van der Waals surface area contributed by atoms with E-state index in [2.05, 4.69) is 5.32 Å². The lowest BCUT2D eigenvalue weighted by atomic mass is 9.63. The number of phenolic OH excluding ortho intramolecular Hbond substituents is 1. The summed E-state index contributed by atoms with van der Waals surface area (Å²) in [6, 6.07) is 15.7. The predicted octanol–water partition coefficient (Wildman–Crippen LogP) is 5.67. The molecule has 0 spiro atoms. The first kappa shape index (κ1) is 19.6. The van der Waals surface area contributed by atoms with Gasteiger partial charge in [-0.05, 0) is 34.9 Å². The Hall–Kier alpha value is -2.73. The second-order valence-corrected chi connectivity index (χ2v) is 8.33. The summed E-state index contributed by atoms with van der Waals surface area (Å²) >= 11 is 0. The predicted molar refractivity (Wildman–Crippen MR) is 107 cm³/mol. The molecule has 4 rings (SSSR count). The highest BCUT2D eigenvalue weighted by atomic mass is 19.4. The van der Waals surface area contributed by atoms with E-state index >= 15 is 0 Å². The SMILES string of the molecule is CC1(C)CC(O)(C(F)(F)F)C(Nc2cccc3ccccc23)c2cccc(O)c21. The number of rotatable bonds is 2. The number of hydrogen-bond acceptors (Lipinski definition) is 3. The van der Waals surface area contributed by atoms with Gasteiger partial charge in [0.1, 0.15) is 5.75 Å². The van der Waals surface area contributed by atoms with E-state index in [1.807, 2.05) is 30.3 Å². The van der Waals surface area contributed by atoms with Crippen molar-refractivity contribution in [1.29, 1.82) is 0 Å². The molecule has 3 aromatic carbocycles. The number of phenols is 1. The summed E-state index contributed by atoms with van der Waals surface area (Å²) in [5.74, 6) is -0.0681. The van der Waals surface area contributed by atoms with Gasteiger partial charge in [0.05, 0.1) is 6.04 Å². The van der Waals surface area contributed by atoms with Gasteiger partial charge in [-0.2, -0.15) is 13.2 Å². The van der Waals surface area contributed by atoms with Crippen molar-refractivity contribution >= 4 is 16.5 Å². The molecule has 1 aliphatic carbocycles. The third-order valence-electron chi connectivity index (χ3n) is 5.83. The van der Waals surface area contributed by atoms with Gasteiger partial charge in [-0.25, -0.2) is 0 Å². The van der Waals surface area contributed by atoms with Gasteiger partial charge < -0.3 is 15.5 Å². The maximum atomic E-state index is 14.2. The van der Waals surface area contributed by atoms with Crippen LogP contribution < -0.4 is 5.32 Å². The number of alkyl halides is 3. The molecule has 0 aliphatic heterocycles. The average Bonchev–Trinajstić information content (AvgIpc) is 2.63. The molecule has 6 heteroatoms. The van der Waals surface area contributed by atoms with Crippen LogP contribution in [0.3, 0.4) is 0 Å². The smallest absolute Gasteiger partial charge is 0.419 e. The first-order valence-electron chi connectivity index (χ1n) is 9.40. The van der Waals surface area contributed by atoms with Crippen molar-refractivity contribution < 1.29 is 23.4 Å². The van der Waals surface area contributed by atoms with Crippen LogP contribution in [0.25, 0.3) is 10.8 Å². The summed E-state index contributed by atoms with van der Waals surface area (Å²) in [5.41, 5.74) is -2.92. The van der Waals surface area contributed by atoms with Crippen molar-refractivity contribution in [3.63, 3.8) is 0 Å². The Labute approximate surface area is 166 Å². The van der Waals surface area contributed by atoms with E-state index < -0.39 is 29.7 Å². The number of benzene rings is 3. The van der Waals surface area contributed by atoms with Crippen LogP contribution >= 0.6 is 0 Å². The minimum atomic E-state index is -4.87. The van der Waals surface area contributed by atoms with E-state index in [1.165, 1.54) is 18.2 Å². The minimum absolute atomic E-state index is 0.0681. The van der Waals surface area contributed by atoms with E-state index in [4.69, 9.17) is 0 Å². The molecule has 0 radical (unpaired) electrons. The molecule has 3 nitrogen and oxygen atoms in total. The maximum Gasteiger partial charge on any atom is 0.419 e. The summed E-state index contributed by atoms with van der Waals surface area (Å²) < 4.78 is 42.5. The Bertz CT molecular complexity index is 1070. The van der Waals surface area contributed by atoms with Crippen molar-refractivity contribution in [2.45, 2.75) is 43.5 Å². The molecular formula is C23H22F3NO2. The quantitative estimate of drug-likeness (QED) is 0.518. The maximum absolute atomic E-state index is 14.2. The average molecular weight is 401 g/mol. The van der Waals surface area contributed by atoms with E-state index in [1.54, 1.807) is 26.0 Å². The van der Waals surface area contributed by atoms with Crippen LogP contribution in [0.1, 0.15) is 37.4 Å². The van der Waals surface area contributed by atoms with Crippen LogP contribution in [0.4, 0.5) is 18.9 Å². The highest BCUT2D eigenvalue weighted by molar-refractivity contribution is 5.94. The van der Waals surface area contributed by atoms with Gasteiger partial charge >= 0.3 is 6.18 Å². The molecular weight excluding hydrogens is 379 g/mol. The molecule has 3 aromatic rings. The Balaban J connectivity index is 1.94. The van der Waals surface area contributed by atoms with Crippen LogP contribution in [0.15, 0.2) is 60.7 Å². The van der Waals surface area contributed by atoms with E-state index in [9.17, 15) is 23.4 Å². The zero-order valence-corrected chi connectivity index (χ0v) is 16.1. The normalized spacial score (nSPS) is 23.6. The molecule has 0 saturated carbocycles. The van der Waals surface area contributed by atoms with Crippen LogP contribution in [-0.2, 0) is 5.41 Å². The fourth-order valence-electron chi connectivity index (χ4n) is 4.62. The highest BCUT2D eigenvalue weighted by Gasteiger charge is 2.64. The summed E-state index contributed by atoms with van der Waals surface area (Å²) in [4.78, 5) is 0. The molecule has 2 unspecified atom stereocenters.